The van der Waals surface area contributed by atoms with Gasteiger partial charge in [0.2, 0.25) is 11.8 Å². The Balaban J connectivity index is 3.42. The summed E-state index contributed by atoms with van der Waals surface area (Å²) in [6.45, 7) is 6.82. The smallest absolute Gasteiger partial charge is 0.246 e. The van der Waals surface area contributed by atoms with Gasteiger partial charge in [-0.1, -0.05) is 20.3 Å². The quantitative estimate of drug-likeness (QED) is 0.141. The highest BCUT2D eigenvalue weighted by atomic mass is 16.5. The van der Waals surface area contributed by atoms with E-state index < -0.39 is 0 Å². The highest BCUT2D eigenvalue weighted by molar-refractivity contribution is 5.82. The van der Waals surface area contributed by atoms with Gasteiger partial charge >= 0.3 is 0 Å². The second-order valence-corrected chi connectivity index (χ2v) is 8.30. The van der Waals surface area contributed by atoms with Gasteiger partial charge in [0.05, 0.1) is 39.6 Å². The van der Waals surface area contributed by atoms with Gasteiger partial charge in [-0.15, -0.1) is 0 Å². The molecule has 0 heterocycles. The van der Waals surface area contributed by atoms with E-state index in [1.54, 1.807) is 0 Å². The maximum absolute atomic E-state index is 11.7. The molecule has 0 spiro atoms. The molecule has 0 aromatic rings. The fourth-order valence-corrected chi connectivity index (χ4v) is 3.19. The Morgan fingerprint density at radius 1 is 0.722 bits per heavy atom. The molecule has 1 atom stereocenters. The van der Waals surface area contributed by atoms with Crippen LogP contribution in [0.4, 0.5) is 0 Å². The second-order valence-electron chi connectivity index (χ2n) is 8.30. The van der Waals surface area contributed by atoms with Gasteiger partial charge in [0.15, 0.2) is 0 Å². The molecular formula is C25H47N3O8. The fraction of sp³-hybridized carbons (Fsp3) is 0.840. The SMILES string of the molecule is CCC(=O)CCCOCCOCC(=O)NCCOCCOCC(=O)NCCCC[C@H](CC)C(=O)CN. The Kier molecular flexibility index (Phi) is 23.4. The number of ether oxygens (including phenoxy) is 4. The van der Waals surface area contributed by atoms with Gasteiger partial charge in [0.1, 0.15) is 24.8 Å². The molecule has 0 aliphatic carbocycles. The van der Waals surface area contributed by atoms with Crippen LogP contribution in [-0.2, 0) is 38.1 Å². The number of nitrogens with one attached hydrogen (secondary N) is 2. The summed E-state index contributed by atoms with van der Waals surface area (Å²) < 4.78 is 21.2. The molecule has 0 aromatic carbocycles. The molecule has 0 aliphatic rings. The molecule has 11 nitrogen and oxygen atoms in total. The molecule has 0 bridgehead atoms. The van der Waals surface area contributed by atoms with E-state index in [1.807, 2.05) is 13.8 Å². The molecule has 0 aromatic heterocycles. The van der Waals surface area contributed by atoms with Gasteiger partial charge in [-0.3, -0.25) is 19.2 Å². The van der Waals surface area contributed by atoms with Gasteiger partial charge in [-0.05, 0) is 25.7 Å². The number of ketones is 2. The lowest BCUT2D eigenvalue weighted by molar-refractivity contribution is -0.127. The van der Waals surface area contributed by atoms with Crippen molar-refractivity contribution >= 4 is 23.4 Å². The maximum atomic E-state index is 11.7. The summed E-state index contributed by atoms with van der Waals surface area (Å²) in [4.78, 5) is 46.2. The van der Waals surface area contributed by atoms with Gasteiger partial charge in [-0.25, -0.2) is 0 Å². The van der Waals surface area contributed by atoms with Crippen LogP contribution in [0, 0.1) is 5.92 Å². The fourth-order valence-electron chi connectivity index (χ4n) is 3.19. The summed E-state index contributed by atoms with van der Waals surface area (Å²) in [6, 6.07) is 0. The minimum Gasteiger partial charge on any atom is -0.379 e. The Bertz CT molecular complexity index is 604. The summed E-state index contributed by atoms with van der Waals surface area (Å²) in [5, 5.41) is 5.47. The van der Waals surface area contributed by atoms with Crippen LogP contribution in [-0.4, -0.2) is 95.9 Å². The van der Waals surface area contributed by atoms with E-state index in [2.05, 4.69) is 10.6 Å². The van der Waals surface area contributed by atoms with Crippen molar-refractivity contribution in [3.05, 3.63) is 0 Å². The molecule has 210 valence electrons. The number of Topliss-reactive ketones (excluding diaryl/α,β-unsaturated/α-hetero) is 2. The molecule has 0 unspecified atom stereocenters. The Hall–Kier alpha value is -1.92. The van der Waals surface area contributed by atoms with Gasteiger partial charge in [0.25, 0.3) is 0 Å². The summed E-state index contributed by atoms with van der Waals surface area (Å²) in [7, 11) is 0. The predicted molar refractivity (Wildman–Crippen MR) is 136 cm³/mol. The van der Waals surface area contributed by atoms with Crippen LogP contribution in [0.1, 0.15) is 58.8 Å². The molecule has 0 saturated carbocycles. The Morgan fingerprint density at radius 3 is 1.89 bits per heavy atom. The van der Waals surface area contributed by atoms with E-state index in [-0.39, 0.29) is 55.7 Å². The Morgan fingerprint density at radius 2 is 1.31 bits per heavy atom. The third-order valence-electron chi connectivity index (χ3n) is 5.37. The van der Waals surface area contributed by atoms with E-state index in [1.165, 1.54) is 0 Å². The van der Waals surface area contributed by atoms with Gasteiger partial charge in [0, 0.05) is 38.5 Å². The number of hydrogen-bond acceptors (Lipinski definition) is 9. The van der Waals surface area contributed by atoms with E-state index in [4.69, 9.17) is 24.7 Å². The Labute approximate surface area is 215 Å². The van der Waals surface area contributed by atoms with Crippen LogP contribution in [0.3, 0.4) is 0 Å². The van der Waals surface area contributed by atoms with Crippen LogP contribution in [0.5, 0.6) is 0 Å². The van der Waals surface area contributed by atoms with Gasteiger partial charge in [-0.2, -0.15) is 0 Å². The van der Waals surface area contributed by atoms with E-state index in [9.17, 15) is 19.2 Å². The molecule has 0 saturated heterocycles. The first-order valence-corrected chi connectivity index (χ1v) is 13.0. The highest BCUT2D eigenvalue weighted by Crippen LogP contribution is 2.12. The number of nitrogens with two attached hydrogens (primary N) is 1. The lowest BCUT2D eigenvalue weighted by atomic mass is 9.95. The summed E-state index contributed by atoms with van der Waals surface area (Å²) in [6.07, 6.45) is 5.04. The van der Waals surface area contributed by atoms with Crippen molar-refractivity contribution in [3.63, 3.8) is 0 Å². The van der Waals surface area contributed by atoms with Crippen molar-refractivity contribution in [1.29, 1.82) is 0 Å². The first-order valence-electron chi connectivity index (χ1n) is 13.0. The molecule has 36 heavy (non-hydrogen) atoms. The van der Waals surface area contributed by atoms with Crippen molar-refractivity contribution in [2.75, 3.05) is 72.5 Å². The lowest BCUT2D eigenvalue weighted by Gasteiger charge is -2.12. The standard InChI is InChI=1S/C25H47N3O8/c1-3-21(23(30)18-26)8-5-6-10-27-24(31)19-36-17-15-34-13-11-28-25(32)20-35-16-14-33-12-7-9-22(29)4-2/h21H,3-20,26H2,1-2H3,(H,27,31)(H,28,32)/t21-/m0/s1. The first kappa shape index (κ1) is 34.1. The average molecular weight is 518 g/mol. The van der Waals surface area contributed by atoms with Crippen LogP contribution in [0.25, 0.3) is 0 Å². The van der Waals surface area contributed by atoms with Crippen LogP contribution < -0.4 is 16.4 Å². The second kappa shape index (κ2) is 24.8. The van der Waals surface area contributed by atoms with E-state index in [0.29, 0.717) is 65.4 Å². The van der Waals surface area contributed by atoms with Crippen molar-refractivity contribution in [2.24, 2.45) is 11.7 Å². The first-order chi connectivity index (χ1) is 17.4. The number of rotatable bonds is 26. The molecule has 11 heteroatoms. The zero-order valence-corrected chi connectivity index (χ0v) is 22.1. The number of hydrogen-bond donors (Lipinski definition) is 3. The highest BCUT2D eigenvalue weighted by Gasteiger charge is 2.13. The molecular weight excluding hydrogens is 470 g/mol. The molecule has 2 amide bonds. The molecule has 0 aliphatic heterocycles. The van der Waals surface area contributed by atoms with Crippen molar-refractivity contribution in [2.45, 2.75) is 58.8 Å². The van der Waals surface area contributed by atoms with Crippen molar-refractivity contribution in [3.8, 4) is 0 Å². The minimum atomic E-state index is -0.240. The summed E-state index contributed by atoms with van der Waals surface area (Å²) in [5.41, 5.74) is 5.41. The van der Waals surface area contributed by atoms with E-state index in [0.717, 1.165) is 25.7 Å². The third-order valence-corrected chi connectivity index (χ3v) is 5.37. The van der Waals surface area contributed by atoms with E-state index >= 15 is 0 Å². The summed E-state index contributed by atoms with van der Waals surface area (Å²) in [5.74, 6) is -0.0876. The zero-order chi connectivity index (χ0) is 26.9. The average Bonchev–Trinajstić information content (AvgIpc) is 2.88. The maximum Gasteiger partial charge on any atom is 0.246 e. The number of carbonyl (C=O) groups is 4. The minimum absolute atomic E-state index is 0.0150. The van der Waals surface area contributed by atoms with Crippen molar-refractivity contribution < 1.29 is 38.1 Å². The molecule has 4 N–H and O–H groups in total. The topological polar surface area (TPSA) is 155 Å². The van der Waals surface area contributed by atoms with Crippen LogP contribution in [0.15, 0.2) is 0 Å². The van der Waals surface area contributed by atoms with Crippen LogP contribution in [0.2, 0.25) is 0 Å². The normalized spacial score (nSPS) is 11.8. The lowest BCUT2D eigenvalue weighted by Crippen LogP contribution is -2.31. The molecule has 0 radical (unpaired) electrons. The largest absolute Gasteiger partial charge is 0.379 e. The number of amides is 2. The monoisotopic (exact) mass is 517 g/mol. The predicted octanol–water partition coefficient (Wildman–Crippen LogP) is 0.769. The van der Waals surface area contributed by atoms with Gasteiger partial charge < -0.3 is 35.3 Å². The summed E-state index contributed by atoms with van der Waals surface area (Å²) >= 11 is 0. The molecule has 0 fully saturated rings. The molecule has 0 rings (SSSR count). The number of carbonyl (C=O) groups excluding carboxylic acids is 4. The van der Waals surface area contributed by atoms with Crippen molar-refractivity contribution in [1.82, 2.24) is 10.6 Å². The zero-order valence-electron chi connectivity index (χ0n) is 22.1. The number of unbranched alkanes of at least 4 members (excludes halogenated alkanes) is 1. The third kappa shape index (κ3) is 21.4. The van der Waals surface area contributed by atoms with Crippen LogP contribution >= 0.6 is 0 Å².